The minimum atomic E-state index is -0.406. The number of hydrogen-bond donors (Lipinski definition) is 1. The number of halogens is 1. The van der Waals surface area contributed by atoms with Gasteiger partial charge in [0.15, 0.2) is 0 Å². The molecule has 0 aliphatic heterocycles. The Morgan fingerprint density at radius 3 is 2.59 bits per heavy atom. The van der Waals surface area contributed by atoms with Crippen molar-refractivity contribution in [1.29, 1.82) is 0 Å². The number of benzene rings is 1. The van der Waals surface area contributed by atoms with Crippen LogP contribution in [0.1, 0.15) is 10.5 Å². The largest absolute Gasteiger partial charge is 0.289 e. The Bertz CT molecular complexity index is 810. The molecule has 1 N–H and O–H groups in total. The zero-order valence-electron chi connectivity index (χ0n) is 11.3. The zero-order valence-corrected chi connectivity index (χ0v) is 12.0. The first kappa shape index (κ1) is 14.1. The van der Waals surface area contributed by atoms with E-state index in [4.69, 9.17) is 11.6 Å². The molecule has 0 unspecified atom stereocenters. The molecule has 0 spiro atoms. The fraction of sp³-hybridized carbons (Fsp3) is 0. The molecule has 2 heterocycles. The van der Waals surface area contributed by atoms with Crippen LogP contribution in [0.2, 0.25) is 5.02 Å². The number of rotatable bonds is 3. The van der Waals surface area contributed by atoms with E-state index in [1.54, 1.807) is 36.7 Å². The number of amides is 1. The van der Waals surface area contributed by atoms with Crippen molar-refractivity contribution in [2.45, 2.75) is 0 Å². The molecule has 1 amide bonds. The summed E-state index contributed by atoms with van der Waals surface area (Å²) in [5.74, 6) is -0.188. The maximum atomic E-state index is 12.2. The summed E-state index contributed by atoms with van der Waals surface area (Å²) < 4.78 is 0. The highest BCUT2D eigenvalue weighted by atomic mass is 35.5. The van der Waals surface area contributed by atoms with Gasteiger partial charge in [0.1, 0.15) is 12.0 Å². The van der Waals surface area contributed by atoms with E-state index in [0.29, 0.717) is 10.7 Å². The van der Waals surface area contributed by atoms with Gasteiger partial charge in [-0.05, 0) is 24.3 Å². The third-order valence-electron chi connectivity index (χ3n) is 2.81. The maximum absolute atomic E-state index is 12.2. The van der Waals surface area contributed by atoms with Crippen LogP contribution in [0.5, 0.6) is 0 Å². The predicted molar refractivity (Wildman–Crippen MR) is 82.5 cm³/mol. The summed E-state index contributed by atoms with van der Waals surface area (Å²) in [5.41, 5.74) is 1.63. The Morgan fingerprint density at radius 2 is 1.82 bits per heavy atom. The second-order valence-corrected chi connectivity index (χ2v) is 4.76. The summed E-state index contributed by atoms with van der Waals surface area (Å²) in [7, 11) is 0. The van der Waals surface area contributed by atoms with E-state index < -0.39 is 5.91 Å². The molecule has 22 heavy (non-hydrogen) atoms. The van der Waals surface area contributed by atoms with Crippen LogP contribution >= 0.6 is 11.6 Å². The lowest BCUT2D eigenvalue weighted by atomic mass is 10.1. The van der Waals surface area contributed by atoms with Crippen LogP contribution in [-0.4, -0.2) is 25.8 Å². The summed E-state index contributed by atoms with van der Waals surface area (Å²) in [6.07, 6.45) is 4.41. The van der Waals surface area contributed by atoms with E-state index in [1.807, 2.05) is 12.1 Å². The van der Waals surface area contributed by atoms with E-state index in [9.17, 15) is 4.79 Å². The minimum Gasteiger partial charge on any atom is -0.289 e. The second kappa shape index (κ2) is 6.28. The van der Waals surface area contributed by atoms with Gasteiger partial charge in [0.2, 0.25) is 5.95 Å². The van der Waals surface area contributed by atoms with Gasteiger partial charge in [-0.1, -0.05) is 23.7 Å². The lowest BCUT2D eigenvalue weighted by Crippen LogP contribution is -2.15. The number of nitrogens with one attached hydrogen (secondary N) is 1. The molecule has 3 aromatic rings. The normalized spacial score (nSPS) is 10.2. The van der Waals surface area contributed by atoms with E-state index >= 15 is 0 Å². The molecule has 0 bridgehead atoms. The summed E-state index contributed by atoms with van der Waals surface area (Å²) in [4.78, 5) is 28.2. The SMILES string of the molecule is O=C(Nc1ncccn1)c1cc(-c2cccc(Cl)c2)ncn1. The summed E-state index contributed by atoms with van der Waals surface area (Å²) in [6.45, 7) is 0. The summed E-state index contributed by atoms with van der Waals surface area (Å²) in [5, 5.41) is 3.17. The topological polar surface area (TPSA) is 80.7 Å². The molecule has 108 valence electrons. The monoisotopic (exact) mass is 311 g/mol. The number of anilines is 1. The fourth-order valence-corrected chi connectivity index (χ4v) is 2.01. The van der Waals surface area contributed by atoms with Crippen LogP contribution in [0.4, 0.5) is 5.95 Å². The van der Waals surface area contributed by atoms with Gasteiger partial charge in [-0.2, -0.15) is 0 Å². The average molecular weight is 312 g/mol. The van der Waals surface area contributed by atoms with Crippen molar-refractivity contribution in [2.75, 3.05) is 5.32 Å². The van der Waals surface area contributed by atoms with E-state index in [2.05, 4.69) is 25.3 Å². The number of aromatic nitrogens is 4. The highest BCUT2D eigenvalue weighted by Crippen LogP contribution is 2.21. The van der Waals surface area contributed by atoms with Crippen molar-refractivity contribution in [3.8, 4) is 11.3 Å². The highest BCUT2D eigenvalue weighted by Gasteiger charge is 2.11. The van der Waals surface area contributed by atoms with Gasteiger partial charge in [-0.15, -0.1) is 0 Å². The molecule has 3 rings (SSSR count). The maximum Gasteiger partial charge on any atom is 0.276 e. The van der Waals surface area contributed by atoms with Crippen molar-refractivity contribution in [1.82, 2.24) is 19.9 Å². The molecular formula is C15H10ClN5O. The van der Waals surface area contributed by atoms with Crippen LogP contribution in [0.25, 0.3) is 11.3 Å². The van der Waals surface area contributed by atoms with Crippen molar-refractivity contribution in [3.63, 3.8) is 0 Å². The molecule has 0 saturated carbocycles. The number of hydrogen-bond acceptors (Lipinski definition) is 5. The zero-order chi connectivity index (χ0) is 15.4. The number of carbonyl (C=O) groups is 1. The van der Waals surface area contributed by atoms with E-state index in [1.165, 1.54) is 6.33 Å². The third kappa shape index (κ3) is 3.24. The van der Waals surface area contributed by atoms with Crippen LogP contribution < -0.4 is 5.32 Å². The Kier molecular flexibility index (Phi) is 4.02. The molecule has 0 saturated heterocycles. The van der Waals surface area contributed by atoms with Crippen molar-refractivity contribution in [3.05, 3.63) is 65.8 Å². The lowest BCUT2D eigenvalue weighted by Gasteiger charge is -2.05. The van der Waals surface area contributed by atoms with Gasteiger partial charge >= 0.3 is 0 Å². The standard InChI is InChI=1S/C15H10ClN5O/c16-11-4-1-3-10(7-11)12-8-13(20-9-19-12)14(22)21-15-17-5-2-6-18-15/h1-9H,(H,17,18,21,22). The average Bonchev–Trinajstić information content (AvgIpc) is 2.56. The quantitative estimate of drug-likeness (QED) is 0.804. The van der Waals surface area contributed by atoms with Gasteiger partial charge in [-0.25, -0.2) is 19.9 Å². The van der Waals surface area contributed by atoms with Crippen molar-refractivity contribution < 1.29 is 4.79 Å². The molecule has 1 aromatic carbocycles. The van der Waals surface area contributed by atoms with Crippen LogP contribution in [-0.2, 0) is 0 Å². The first-order valence-corrected chi connectivity index (χ1v) is 6.76. The molecule has 2 aromatic heterocycles. The minimum absolute atomic E-state index is 0.218. The van der Waals surface area contributed by atoms with Crippen LogP contribution in [0.3, 0.4) is 0 Å². The second-order valence-electron chi connectivity index (χ2n) is 4.33. The Labute approximate surface area is 131 Å². The Balaban J connectivity index is 1.86. The van der Waals surface area contributed by atoms with Crippen molar-refractivity contribution in [2.24, 2.45) is 0 Å². The molecular weight excluding hydrogens is 302 g/mol. The van der Waals surface area contributed by atoms with Gasteiger partial charge in [-0.3, -0.25) is 10.1 Å². The number of carbonyl (C=O) groups excluding carboxylic acids is 1. The molecule has 7 heteroatoms. The first-order valence-electron chi connectivity index (χ1n) is 6.39. The lowest BCUT2D eigenvalue weighted by molar-refractivity contribution is 0.102. The van der Waals surface area contributed by atoms with Gasteiger partial charge in [0.05, 0.1) is 5.69 Å². The molecule has 0 aliphatic rings. The van der Waals surface area contributed by atoms with Gasteiger partial charge < -0.3 is 0 Å². The third-order valence-corrected chi connectivity index (χ3v) is 3.05. The highest BCUT2D eigenvalue weighted by molar-refractivity contribution is 6.30. The van der Waals surface area contributed by atoms with E-state index in [0.717, 1.165) is 5.56 Å². The fourth-order valence-electron chi connectivity index (χ4n) is 1.82. The smallest absolute Gasteiger partial charge is 0.276 e. The number of nitrogens with zero attached hydrogens (tertiary/aromatic N) is 4. The Morgan fingerprint density at radius 1 is 1.00 bits per heavy atom. The first-order chi connectivity index (χ1) is 10.7. The van der Waals surface area contributed by atoms with Crippen LogP contribution in [0, 0.1) is 0 Å². The van der Waals surface area contributed by atoms with Crippen LogP contribution in [0.15, 0.2) is 55.1 Å². The predicted octanol–water partition coefficient (Wildman–Crippen LogP) is 2.84. The molecule has 6 nitrogen and oxygen atoms in total. The Hall–Kier alpha value is -2.86. The summed E-state index contributed by atoms with van der Waals surface area (Å²) >= 11 is 5.97. The van der Waals surface area contributed by atoms with E-state index in [-0.39, 0.29) is 11.6 Å². The van der Waals surface area contributed by atoms with Gasteiger partial charge in [0, 0.05) is 23.0 Å². The molecule has 0 aliphatic carbocycles. The molecule has 0 radical (unpaired) electrons. The molecule has 0 fully saturated rings. The van der Waals surface area contributed by atoms with Gasteiger partial charge in [0.25, 0.3) is 5.91 Å². The summed E-state index contributed by atoms with van der Waals surface area (Å²) in [6, 6.07) is 10.5. The van der Waals surface area contributed by atoms with Crippen molar-refractivity contribution >= 4 is 23.5 Å². The molecule has 0 atom stereocenters.